The van der Waals surface area contributed by atoms with Crippen LogP contribution in [-0.2, 0) is 0 Å². The number of rotatable bonds is 5. The van der Waals surface area contributed by atoms with Crippen LogP contribution < -0.4 is 11.3 Å². The Hall–Kier alpha value is -0.510. The van der Waals surface area contributed by atoms with Gasteiger partial charge in [0.2, 0.25) is 0 Å². The number of nitrogens with two attached hydrogens (primary N) is 1. The lowest BCUT2D eigenvalue weighted by Gasteiger charge is -2.32. The second kappa shape index (κ2) is 7.32. The Balaban J connectivity index is 1.85. The van der Waals surface area contributed by atoms with Crippen molar-refractivity contribution in [1.29, 1.82) is 0 Å². The van der Waals surface area contributed by atoms with Gasteiger partial charge in [0.25, 0.3) is 0 Å². The van der Waals surface area contributed by atoms with Crippen molar-refractivity contribution in [3.05, 3.63) is 29.8 Å². The molecule has 1 aliphatic rings. The predicted octanol–water partition coefficient (Wildman–Crippen LogP) is 3.75. The van der Waals surface area contributed by atoms with E-state index in [1.54, 1.807) is 0 Å². The molecule has 0 radical (unpaired) electrons. The van der Waals surface area contributed by atoms with Crippen LogP contribution in [0.4, 0.5) is 0 Å². The van der Waals surface area contributed by atoms with Gasteiger partial charge >= 0.3 is 0 Å². The molecule has 0 bridgehead atoms. The van der Waals surface area contributed by atoms with Crippen LogP contribution in [0.15, 0.2) is 29.2 Å². The zero-order valence-electron chi connectivity index (χ0n) is 12.1. The Morgan fingerprint density at radius 2 is 2.05 bits per heavy atom. The van der Waals surface area contributed by atoms with Crippen LogP contribution in [0.3, 0.4) is 0 Å². The maximum atomic E-state index is 5.77. The first-order chi connectivity index (χ1) is 9.19. The third-order valence-corrected chi connectivity index (χ3v) is 5.38. The first kappa shape index (κ1) is 14.9. The summed E-state index contributed by atoms with van der Waals surface area (Å²) < 4.78 is 0. The van der Waals surface area contributed by atoms with Crippen molar-refractivity contribution in [1.82, 2.24) is 5.43 Å². The first-order valence-electron chi connectivity index (χ1n) is 7.34. The minimum Gasteiger partial charge on any atom is -0.271 e. The number of aryl methyl sites for hydroxylation is 1. The van der Waals surface area contributed by atoms with Crippen molar-refractivity contribution in [2.75, 3.05) is 5.75 Å². The van der Waals surface area contributed by atoms with E-state index in [4.69, 9.17) is 5.84 Å². The highest BCUT2D eigenvalue weighted by molar-refractivity contribution is 7.99. The van der Waals surface area contributed by atoms with E-state index in [9.17, 15) is 0 Å². The van der Waals surface area contributed by atoms with E-state index in [1.165, 1.54) is 36.1 Å². The average molecular weight is 278 g/mol. The third kappa shape index (κ3) is 4.51. The van der Waals surface area contributed by atoms with Crippen LogP contribution in [-0.4, -0.2) is 11.8 Å². The number of hydrogen-bond donors (Lipinski definition) is 2. The van der Waals surface area contributed by atoms with Gasteiger partial charge in [-0.3, -0.25) is 11.3 Å². The molecule has 3 N–H and O–H groups in total. The minimum absolute atomic E-state index is 0.443. The zero-order valence-corrected chi connectivity index (χ0v) is 12.9. The lowest BCUT2D eigenvalue weighted by atomic mass is 9.80. The molecule has 0 spiro atoms. The van der Waals surface area contributed by atoms with Gasteiger partial charge < -0.3 is 0 Å². The molecular formula is C16H26N2S. The molecule has 2 rings (SSSR count). The van der Waals surface area contributed by atoms with E-state index in [2.05, 4.69) is 43.5 Å². The predicted molar refractivity (Wildman–Crippen MR) is 84.1 cm³/mol. The van der Waals surface area contributed by atoms with Crippen LogP contribution in [0, 0.1) is 18.8 Å². The molecule has 1 aromatic rings. The van der Waals surface area contributed by atoms with Crippen molar-refractivity contribution >= 4 is 11.8 Å². The van der Waals surface area contributed by atoms with Crippen molar-refractivity contribution in [3.63, 3.8) is 0 Å². The second-order valence-electron chi connectivity index (χ2n) is 5.92. The molecule has 0 amide bonds. The maximum absolute atomic E-state index is 5.77. The van der Waals surface area contributed by atoms with Gasteiger partial charge in [-0.1, -0.05) is 37.5 Å². The highest BCUT2D eigenvalue weighted by Crippen LogP contribution is 2.32. The second-order valence-corrected chi connectivity index (χ2v) is 7.01. The topological polar surface area (TPSA) is 38.0 Å². The summed E-state index contributed by atoms with van der Waals surface area (Å²) in [5.41, 5.74) is 4.38. The van der Waals surface area contributed by atoms with E-state index >= 15 is 0 Å². The summed E-state index contributed by atoms with van der Waals surface area (Å²) in [5, 5.41) is 0. The fourth-order valence-corrected chi connectivity index (χ4v) is 4.08. The highest BCUT2D eigenvalue weighted by atomic mass is 32.2. The smallest absolute Gasteiger partial charge is 0.0332 e. The number of hydrazine groups is 1. The molecule has 1 aliphatic carbocycles. The number of thioether (sulfide) groups is 1. The average Bonchev–Trinajstić information content (AvgIpc) is 2.41. The van der Waals surface area contributed by atoms with Crippen molar-refractivity contribution < 1.29 is 0 Å². The van der Waals surface area contributed by atoms with Gasteiger partial charge in [0.1, 0.15) is 0 Å². The van der Waals surface area contributed by atoms with Gasteiger partial charge in [-0.05, 0) is 43.7 Å². The van der Waals surface area contributed by atoms with Crippen LogP contribution in [0.1, 0.15) is 38.2 Å². The Kier molecular flexibility index (Phi) is 5.74. The molecule has 0 saturated heterocycles. The monoisotopic (exact) mass is 278 g/mol. The van der Waals surface area contributed by atoms with Gasteiger partial charge in [-0.25, -0.2) is 0 Å². The summed E-state index contributed by atoms with van der Waals surface area (Å²) in [4.78, 5) is 1.35. The Morgan fingerprint density at radius 1 is 1.32 bits per heavy atom. The third-order valence-electron chi connectivity index (χ3n) is 4.26. The number of nitrogens with one attached hydrogen (secondary N) is 1. The highest BCUT2D eigenvalue weighted by Gasteiger charge is 2.25. The van der Waals surface area contributed by atoms with Crippen LogP contribution in [0.5, 0.6) is 0 Å². The van der Waals surface area contributed by atoms with Gasteiger partial charge in [0.05, 0.1) is 0 Å². The molecule has 0 heterocycles. The van der Waals surface area contributed by atoms with E-state index in [-0.39, 0.29) is 0 Å². The molecular weight excluding hydrogens is 252 g/mol. The van der Waals surface area contributed by atoms with Gasteiger partial charge in [-0.15, -0.1) is 11.8 Å². The molecule has 1 unspecified atom stereocenters. The molecule has 1 atom stereocenters. The Labute approximate surface area is 121 Å². The Bertz CT molecular complexity index is 386. The van der Waals surface area contributed by atoms with Crippen molar-refractivity contribution in [2.24, 2.45) is 17.7 Å². The summed E-state index contributed by atoms with van der Waals surface area (Å²) in [6, 6.07) is 9.16. The number of benzene rings is 1. The summed E-state index contributed by atoms with van der Waals surface area (Å²) >= 11 is 1.92. The SMILES string of the molecule is Cc1cccc(SCC(NN)C2CCC(C)CC2)c1. The minimum atomic E-state index is 0.443. The van der Waals surface area contributed by atoms with Crippen LogP contribution in [0.25, 0.3) is 0 Å². The Morgan fingerprint density at radius 3 is 2.68 bits per heavy atom. The fraction of sp³-hybridized carbons (Fsp3) is 0.625. The summed E-state index contributed by atoms with van der Waals surface area (Å²) in [5.74, 6) is 8.49. The number of hydrogen-bond acceptors (Lipinski definition) is 3. The molecule has 1 fully saturated rings. The van der Waals surface area contributed by atoms with Crippen LogP contribution >= 0.6 is 11.8 Å². The molecule has 106 valence electrons. The lowest BCUT2D eigenvalue weighted by molar-refractivity contribution is 0.243. The summed E-state index contributed by atoms with van der Waals surface area (Å²) in [6.07, 6.45) is 5.37. The molecule has 0 aliphatic heterocycles. The zero-order chi connectivity index (χ0) is 13.7. The van der Waals surface area contributed by atoms with Crippen molar-refractivity contribution in [2.45, 2.75) is 50.5 Å². The first-order valence-corrected chi connectivity index (χ1v) is 8.33. The van der Waals surface area contributed by atoms with Gasteiger partial charge in [0, 0.05) is 16.7 Å². The molecule has 0 aromatic heterocycles. The van der Waals surface area contributed by atoms with E-state index in [1.807, 2.05) is 11.8 Å². The van der Waals surface area contributed by atoms with E-state index in [0.717, 1.165) is 17.6 Å². The maximum Gasteiger partial charge on any atom is 0.0332 e. The molecule has 2 nitrogen and oxygen atoms in total. The standard InChI is InChI=1S/C16H26N2S/c1-12-6-8-14(9-7-12)16(18-17)11-19-15-5-3-4-13(2)10-15/h3-5,10,12,14,16,18H,6-9,11,17H2,1-2H3. The molecule has 3 heteroatoms. The van der Waals surface area contributed by atoms with Crippen LogP contribution in [0.2, 0.25) is 0 Å². The molecule has 1 aromatic carbocycles. The van der Waals surface area contributed by atoms with Gasteiger partial charge in [-0.2, -0.15) is 0 Å². The summed E-state index contributed by atoms with van der Waals surface area (Å²) in [7, 11) is 0. The molecule has 19 heavy (non-hydrogen) atoms. The summed E-state index contributed by atoms with van der Waals surface area (Å²) in [6.45, 7) is 4.51. The van der Waals surface area contributed by atoms with Gasteiger partial charge in [0.15, 0.2) is 0 Å². The quantitative estimate of drug-likeness (QED) is 0.489. The van der Waals surface area contributed by atoms with Crippen molar-refractivity contribution in [3.8, 4) is 0 Å². The van der Waals surface area contributed by atoms with E-state index in [0.29, 0.717) is 6.04 Å². The fourth-order valence-electron chi connectivity index (χ4n) is 2.90. The lowest BCUT2D eigenvalue weighted by Crippen LogP contribution is -2.43. The molecule has 1 saturated carbocycles. The normalized spacial score (nSPS) is 25.2. The van der Waals surface area contributed by atoms with E-state index < -0.39 is 0 Å². The largest absolute Gasteiger partial charge is 0.271 e.